The molecule has 1 saturated carbocycles. The molecular weight excluding hydrogens is 270 g/mol. The first-order valence-electron chi connectivity index (χ1n) is 6.24. The summed E-state index contributed by atoms with van der Waals surface area (Å²) in [6.07, 6.45) is 4.51. The third-order valence-corrected chi connectivity index (χ3v) is 4.77. The topological polar surface area (TPSA) is 38.3 Å². The van der Waals surface area contributed by atoms with Crippen molar-refractivity contribution in [1.29, 1.82) is 0 Å². The Hall–Kier alpha value is -0.740. The van der Waals surface area contributed by atoms with Gasteiger partial charge in [-0.1, -0.05) is 12.8 Å². The smallest absolute Gasteiger partial charge is 0.265 e. The van der Waals surface area contributed by atoms with Crippen LogP contribution < -0.4 is 10.1 Å². The number of carbonyl (C=O) groups is 1. The number of carbonyl (C=O) groups excluding carboxylic acids is 1. The van der Waals surface area contributed by atoms with E-state index in [0.29, 0.717) is 22.4 Å². The summed E-state index contributed by atoms with van der Waals surface area (Å²) < 4.78 is 5.17. The van der Waals surface area contributed by atoms with Crippen molar-refractivity contribution < 1.29 is 9.53 Å². The van der Waals surface area contributed by atoms with Crippen LogP contribution in [0.3, 0.4) is 0 Å². The molecule has 1 amide bonds. The summed E-state index contributed by atoms with van der Waals surface area (Å²) in [6.45, 7) is 0. The first kappa shape index (κ1) is 13.7. The van der Waals surface area contributed by atoms with Gasteiger partial charge < -0.3 is 10.1 Å². The normalized spacial score (nSPS) is 23.7. The molecule has 0 aliphatic heterocycles. The quantitative estimate of drug-likeness (QED) is 0.863. The average Bonchev–Trinajstić information content (AvgIpc) is 2.87. The fourth-order valence-electron chi connectivity index (χ4n) is 2.44. The Bertz CT molecular complexity index is 407. The summed E-state index contributed by atoms with van der Waals surface area (Å²) in [5.41, 5.74) is 0. The summed E-state index contributed by atoms with van der Waals surface area (Å²) in [5.74, 6) is 1.63. The number of rotatable bonds is 4. The number of halogens is 1. The first-order chi connectivity index (χ1) is 8.76. The van der Waals surface area contributed by atoms with Gasteiger partial charge in [0.2, 0.25) is 0 Å². The highest BCUT2D eigenvalue weighted by Gasteiger charge is 2.27. The van der Waals surface area contributed by atoms with Gasteiger partial charge in [0.1, 0.15) is 10.6 Å². The summed E-state index contributed by atoms with van der Waals surface area (Å²) in [6, 6.07) is 2.02. The van der Waals surface area contributed by atoms with E-state index in [1.54, 1.807) is 7.11 Å². The standard InChI is InChI=1S/C13H18ClNO2S/c1-17-11-6-7-18-12(11)13(16)15-10-5-3-2-4-9(10)8-14/h6-7,9-10H,2-5,8H2,1H3,(H,15,16). The van der Waals surface area contributed by atoms with Crippen LogP contribution >= 0.6 is 22.9 Å². The Labute approximate surface area is 116 Å². The maximum atomic E-state index is 12.2. The van der Waals surface area contributed by atoms with Crippen LogP contribution in [0.2, 0.25) is 0 Å². The second kappa shape index (κ2) is 6.43. The molecule has 1 aliphatic rings. The van der Waals surface area contributed by atoms with Crippen LogP contribution in [0.15, 0.2) is 11.4 Å². The minimum atomic E-state index is -0.0381. The molecule has 0 bridgehead atoms. The van der Waals surface area contributed by atoms with Crippen LogP contribution in [0.4, 0.5) is 0 Å². The molecule has 0 aromatic carbocycles. The predicted octanol–water partition coefficient (Wildman–Crippen LogP) is 3.28. The molecule has 3 nitrogen and oxygen atoms in total. The van der Waals surface area contributed by atoms with Gasteiger partial charge in [0, 0.05) is 11.9 Å². The number of methoxy groups -OCH3 is 1. The molecule has 0 saturated heterocycles. The minimum absolute atomic E-state index is 0.0381. The van der Waals surface area contributed by atoms with E-state index in [9.17, 15) is 4.79 Å². The van der Waals surface area contributed by atoms with Crippen LogP contribution in [0, 0.1) is 5.92 Å². The third-order valence-electron chi connectivity index (χ3n) is 3.48. The van der Waals surface area contributed by atoms with Gasteiger partial charge in [-0.2, -0.15) is 0 Å². The first-order valence-corrected chi connectivity index (χ1v) is 7.66. The lowest BCUT2D eigenvalue weighted by Crippen LogP contribution is -2.42. The van der Waals surface area contributed by atoms with Crippen molar-refractivity contribution in [2.24, 2.45) is 5.92 Å². The van der Waals surface area contributed by atoms with Crippen LogP contribution in [0.25, 0.3) is 0 Å². The van der Waals surface area contributed by atoms with Gasteiger partial charge in [0.25, 0.3) is 5.91 Å². The molecule has 2 unspecified atom stereocenters. The molecule has 2 atom stereocenters. The Morgan fingerprint density at radius 3 is 3.06 bits per heavy atom. The highest BCUT2D eigenvalue weighted by molar-refractivity contribution is 7.12. The Morgan fingerprint density at radius 1 is 1.56 bits per heavy atom. The minimum Gasteiger partial charge on any atom is -0.495 e. The van der Waals surface area contributed by atoms with Gasteiger partial charge in [-0.05, 0) is 30.2 Å². The molecule has 1 heterocycles. The summed E-state index contributed by atoms with van der Waals surface area (Å²) in [7, 11) is 1.58. The fourth-order valence-corrected chi connectivity index (χ4v) is 3.57. The zero-order chi connectivity index (χ0) is 13.0. The van der Waals surface area contributed by atoms with Crippen LogP contribution in [-0.4, -0.2) is 24.9 Å². The number of ether oxygens (including phenoxy) is 1. The van der Waals surface area contributed by atoms with Gasteiger partial charge in [-0.25, -0.2) is 0 Å². The Balaban J connectivity index is 2.02. The zero-order valence-electron chi connectivity index (χ0n) is 10.4. The Morgan fingerprint density at radius 2 is 2.33 bits per heavy atom. The molecular formula is C13H18ClNO2S. The van der Waals surface area contributed by atoms with Crippen molar-refractivity contribution in [2.45, 2.75) is 31.7 Å². The molecule has 100 valence electrons. The number of hydrogen-bond donors (Lipinski definition) is 1. The molecule has 1 fully saturated rings. The van der Waals surface area contributed by atoms with Gasteiger partial charge in [0.15, 0.2) is 0 Å². The van der Waals surface area contributed by atoms with Gasteiger partial charge >= 0.3 is 0 Å². The SMILES string of the molecule is COc1ccsc1C(=O)NC1CCCCC1CCl. The number of nitrogens with one attached hydrogen (secondary N) is 1. The highest BCUT2D eigenvalue weighted by Crippen LogP contribution is 2.28. The summed E-state index contributed by atoms with van der Waals surface area (Å²) in [4.78, 5) is 12.8. The monoisotopic (exact) mass is 287 g/mol. The molecule has 2 rings (SSSR count). The van der Waals surface area contributed by atoms with Crippen molar-refractivity contribution in [1.82, 2.24) is 5.32 Å². The lowest BCUT2D eigenvalue weighted by Gasteiger charge is -2.30. The zero-order valence-corrected chi connectivity index (χ0v) is 12.0. The van der Waals surface area contributed by atoms with E-state index in [-0.39, 0.29) is 11.9 Å². The molecule has 1 aliphatic carbocycles. The van der Waals surface area contributed by atoms with Gasteiger partial charge in [-0.15, -0.1) is 22.9 Å². The molecule has 0 radical (unpaired) electrons. The molecule has 5 heteroatoms. The maximum absolute atomic E-state index is 12.2. The second-order valence-electron chi connectivity index (χ2n) is 4.60. The third kappa shape index (κ3) is 2.98. The predicted molar refractivity (Wildman–Crippen MR) is 74.8 cm³/mol. The maximum Gasteiger partial charge on any atom is 0.265 e. The number of thiophene rings is 1. The highest BCUT2D eigenvalue weighted by atomic mass is 35.5. The van der Waals surface area contributed by atoms with Crippen LogP contribution in [-0.2, 0) is 0 Å². The summed E-state index contributed by atoms with van der Waals surface area (Å²) in [5, 5.41) is 4.97. The number of amides is 1. The second-order valence-corrected chi connectivity index (χ2v) is 5.82. The van der Waals surface area contributed by atoms with Crippen molar-refractivity contribution in [3.05, 3.63) is 16.3 Å². The van der Waals surface area contributed by atoms with E-state index in [2.05, 4.69) is 5.32 Å². The van der Waals surface area contributed by atoms with Crippen molar-refractivity contribution in [2.75, 3.05) is 13.0 Å². The van der Waals surface area contributed by atoms with E-state index < -0.39 is 0 Å². The van der Waals surface area contributed by atoms with E-state index in [1.807, 2.05) is 11.4 Å². The molecule has 1 aromatic rings. The van der Waals surface area contributed by atoms with Crippen molar-refractivity contribution in [3.8, 4) is 5.75 Å². The van der Waals surface area contributed by atoms with E-state index in [0.717, 1.165) is 12.8 Å². The van der Waals surface area contributed by atoms with E-state index in [4.69, 9.17) is 16.3 Å². The van der Waals surface area contributed by atoms with Gasteiger partial charge in [0.05, 0.1) is 7.11 Å². The number of alkyl halides is 1. The lowest BCUT2D eigenvalue weighted by atomic mass is 9.86. The van der Waals surface area contributed by atoms with Crippen LogP contribution in [0.5, 0.6) is 5.75 Å². The largest absolute Gasteiger partial charge is 0.495 e. The van der Waals surface area contributed by atoms with Crippen molar-refractivity contribution in [3.63, 3.8) is 0 Å². The fraction of sp³-hybridized carbons (Fsp3) is 0.615. The van der Waals surface area contributed by atoms with E-state index in [1.165, 1.54) is 24.2 Å². The molecule has 0 spiro atoms. The Kier molecular flexibility index (Phi) is 4.89. The molecule has 1 N–H and O–H groups in total. The van der Waals surface area contributed by atoms with Crippen LogP contribution in [0.1, 0.15) is 35.4 Å². The molecule has 1 aromatic heterocycles. The van der Waals surface area contributed by atoms with Crippen molar-refractivity contribution >= 4 is 28.8 Å². The lowest BCUT2D eigenvalue weighted by molar-refractivity contribution is 0.0912. The molecule has 18 heavy (non-hydrogen) atoms. The summed E-state index contributed by atoms with van der Waals surface area (Å²) >= 11 is 7.38. The average molecular weight is 288 g/mol. The van der Waals surface area contributed by atoms with E-state index >= 15 is 0 Å². The van der Waals surface area contributed by atoms with Gasteiger partial charge in [-0.3, -0.25) is 4.79 Å². The number of hydrogen-bond acceptors (Lipinski definition) is 3.